The van der Waals surface area contributed by atoms with Crippen LogP contribution in [-0.4, -0.2) is 22.1 Å². The van der Waals surface area contributed by atoms with Crippen LogP contribution in [0.2, 0.25) is 0 Å². The van der Waals surface area contributed by atoms with E-state index in [1.165, 1.54) is 53.6 Å². The van der Waals surface area contributed by atoms with Gasteiger partial charge in [-0.25, -0.2) is 18.0 Å². The molecule has 1 N–H and O–H groups in total. The van der Waals surface area contributed by atoms with Gasteiger partial charge in [-0.05, 0) is 36.8 Å². The van der Waals surface area contributed by atoms with Gasteiger partial charge in [0.1, 0.15) is 0 Å². The van der Waals surface area contributed by atoms with Crippen molar-refractivity contribution >= 4 is 37.7 Å². The zero-order valence-corrected chi connectivity index (χ0v) is 17.9. The minimum Gasteiger partial charge on any atom is -0.408 e. The molecular weight excluding hydrogens is 424 g/mol. The number of hydrogen-bond donors (Lipinski definition) is 1. The normalized spacial score (nSPS) is 12.0. The number of sulfonamides is 1. The zero-order valence-electron chi connectivity index (χ0n) is 17.1. The van der Waals surface area contributed by atoms with Crippen molar-refractivity contribution in [3.05, 3.63) is 67.8 Å². The van der Waals surface area contributed by atoms with Gasteiger partial charge in [-0.2, -0.15) is 0 Å². The zero-order chi connectivity index (χ0) is 22.5. The summed E-state index contributed by atoms with van der Waals surface area (Å²) in [7, 11) is -1.22. The second kappa shape index (κ2) is 7.27. The van der Waals surface area contributed by atoms with Gasteiger partial charge in [0, 0.05) is 26.7 Å². The van der Waals surface area contributed by atoms with Crippen LogP contribution in [0.3, 0.4) is 0 Å². The van der Waals surface area contributed by atoms with Crippen LogP contribution in [0.25, 0.3) is 22.0 Å². The van der Waals surface area contributed by atoms with E-state index in [1.54, 1.807) is 6.07 Å². The molecule has 0 radical (unpaired) electrons. The van der Waals surface area contributed by atoms with E-state index in [0.29, 0.717) is 17.6 Å². The largest absolute Gasteiger partial charge is 0.419 e. The summed E-state index contributed by atoms with van der Waals surface area (Å²) in [5.41, 5.74) is 0.281. The summed E-state index contributed by atoms with van der Waals surface area (Å²) in [6, 6.07) is 8.55. The molecule has 0 unspecified atom stereocenters. The van der Waals surface area contributed by atoms with Gasteiger partial charge in [-0.3, -0.25) is 23.2 Å². The van der Waals surface area contributed by atoms with Crippen LogP contribution < -0.4 is 21.7 Å². The van der Waals surface area contributed by atoms with Crippen LogP contribution in [-0.2, 0) is 30.7 Å². The highest BCUT2D eigenvalue weighted by Crippen LogP contribution is 2.23. The molecule has 10 nitrogen and oxygen atoms in total. The summed E-state index contributed by atoms with van der Waals surface area (Å²) in [6.45, 7) is 2.42. The van der Waals surface area contributed by atoms with Crippen molar-refractivity contribution in [1.82, 2.24) is 13.7 Å². The lowest BCUT2D eigenvalue weighted by Crippen LogP contribution is -2.37. The van der Waals surface area contributed by atoms with Crippen molar-refractivity contribution in [1.29, 1.82) is 0 Å². The minimum absolute atomic E-state index is 0.102. The van der Waals surface area contributed by atoms with Crippen molar-refractivity contribution in [3.63, 3.8) is 0 Å². The Balaban J connectivity index is 1.77. The van der Waals surface area contributed by atoms with Gasteiger partial charge in [0.05, 0.1) is 27.0 Å². The number of nitrogens with zero attached hydrogens (tertiary/aromatic N) is 3. The maximum absolute atomic E-state index is 12.9. The second-order valence-corrected chi connectivity index (χ2v) is 8.87. The van der Waals surface area contributed by atoms with Gasteiger partial charge >= 0.3 is 11.4 Å². The number of oxazole rings is 1. The molecule has 0 bridgehead atoms. The predicted octanol–water partition coefficient (Wildman–Crippen LogP) is 1.36. The first-order chi connectivity index (χ1) is 14.6. The highest BCUT2D eigenvalue weighted by Gasteiger charge is 2.18. The molecule has 31 heavy (non-hydrogen) atoms. The summed E-state index contributed by atoms with van der Waals surface area (Å²) < 4.78 is 37.2. The standard InChI is InChI=1S/C20H20N4O6S/c1-4-9-24-16-7-5-12(10-17(16)30-20(24)27)21-31(28,29)13-6-8-15-14(11-13)18(25)23(3)19(26)22(15)2/h5-8,10-11,21H,4,9H2,1-3H3. The first-order valence-corrected chi connectivity index (χ1v) is 11.0. The van der Waals surface area contributed by atoms with Crippen molar-refractivity contribution in [3.8, 4) is 0 Å². The third-order valence-corrected chi connectivity index (χ3v) is 6.50. The van der Waals surface area contributed by atoms with Crippen LogP contribution in [0.5, 0.6) is 0 Å². The van der Waals surface area contributed by atoms with Gasteiger partial charge in [0.25, 0.3) is 15.6 Å². The molecule has 0 aliphatic carbocycles. The number of benzene rings is 2. The molecule has 0 saturated carbocycles. The average Bonchev–Trinajstić information content (AvgIpc) is 3.04. The number of rotatable bonds is 5. The smallest absolute Gasteiger partial charge is 0.408 e. The lowest BCUT2D eigenvalue weighted by molar-refractivity contribution is 0.502. The summed E-state index contributed by atoms with van der Waals surface area (Å²) in [6.07, 6.45) is 0.746. The summed E-state index contributed by atoms with van der Waals surface area (Å²) >= 11 is 0. The molecule has 162 valence electrons. The molecule has 0 saturated heterocycles. The van der Waals surface area contributed by atoms with Gasteiger partial charge in [0.15, 0.2) is 5.58 Å². The fourth-order valence-electron chi connectivity index (χ4n) is 3.52. The Kier molecular flexibility index (Phi) is 4.85. The molecule has 0 fully saturated rings. The third kappa shape index (κ3) is 3.36. The Bertz CT molecular complexity index is 1620. The predicted molar refractivity (Wildman–Crippen MR) is 116 cm³/mol. The van der Waals surface area contributed by atoms with Crippen LogP contribution >= 0.6 is 0 Å². The van der Waals surface area contributed by atoms with E-state index >= 15 is 0 Å². The summed E-state index contributed by atoms with van der Waals surface area (Å²) in [4.78, 5) is 36.4. The molecule has 0 aliphatic rings. The molecule has 2 aromatic heterocycles. The molecular formula is C20H20N4O6S. The van der Waals surface area contributed by atoms with E-state index in [0.717, 1.165) is 11.0 Å². The Morgan fingerprint density at radius 2 is 1.68 bits per heavy atom. The Hall–Kier alpha value is -3.60. The SMILES string of the molecule is CCCn1c(=O)oc2cc(NS(=O)(=O)c3ccc4c(c3)c(=O)n(C)c(=O)n4C)ccc21. The first-order valence-electron chi connectivity index (χ1n) is 9.50. The third-order valence-electron chi connectivity index (χ3n) is 5.12. The first kappa shape index (κ1) is 20.7. The van der Waals surface area contributed by atoms with E-state index < -0.39 is 27.0 Å². The Labute approximate surface area is 176 Å². The van der Waals surface area contributed by atoms with E-state index in [2.05, 4.69) is 4.72 Å². The van der Waals surface area contributed by atoms with Crippen molar-refractivity contribution < 1.29 is 12.8 Å². The quantitative estimate of drug-likeness (QED) is 0.495. The molecule has 0 spiro atoms. The fraction of sp³-hybridized carbons (Fsp3) is 0.250. The van der Waals surface area contributed by atoms with Crippen molar-refractivity contribution in [2.24, 2.45) is 14.1 Å². The number of aryl methyl sites for hydroxylation is 2. The molecule has 0 atom stereocenters. The van der Waals surface area contributed by atoms with Crippen molar-refractivity contribution in [2.45, 2.75) is 24.8 Å². The molecule has 0 amide bonds. The van der Waals surface area contributed by atoms with E-state index in [4.69, 9.17) is 4.42 Å². The van der Waals surface area contributed by atoms with Gasteiger partial charge in [-0.1, -0.05) is 6.92 Å². The molecule has 2 heterocycles. The van der Waals surface area contributed by atoms with E-state index in [-0.39, 0.29) is 21.6 Å². The summed E-state index contributed by atoms with van der Waals surface area (Å²) in [5.74, 6) is -0.507. The topological polar surface area (TPSA) is 125 Å². The van der Waals surface area contributed by atoms with E-state index in [9.17, 15) is 22.8 Å². The minimum atomic E-state index is -4.05. The Morgan fingerprint density at radius 1 is 0.968 bits per heavy atom. The van der Waals surface area contributed by atoms with Crippen LogP contribution in [0, 0.1) is 0 Å². The maximum Gasteiger partial charge on any atom is 0.419 e. The number of nitrogens with one attached hydrogen (secondary N) is 1. The highest BCUT2D eigenvalue weighted by atomic mass is 32.2. The number of anilines is 1. The molecule has 4 rings (SSSR count). The van der Waals surface area contributed by atoms with Crippen molar-refractivity contribution in [2.75, 3.05) is 4.72 Å². The monoisotopic (exact) mass is 444 g/mol. The number of hydrogen-bond acceptors (Lipinski definition) is 6. The maximum atomic E-state index is 12.9. The summed E-state index contributed by atoms with van der Waals surface area (Å²) in [5, 5.41) is 0.102. The van der Waals surface area contributed by atoms with Crippen LogP contribution in [0.1, 0.15) is 13.3 Å². The van der Waals surface area contributed by atoms with Crippen LogP contribution in [0.4, 0.5) is 5.69 Å². The lowest BCUT2D eigenvalue weighted by Gasteiger charge is -2.11. The van der Waals surface area contributed by atoms with E-state index in [1.807, 2.05) is 6.92 Å². The lowest BCUT2D eigenvalue weighted by atomic mass is 10.2. The van der Waals surface area contributed by atoms with Gasteiger partial charge < -0.3 is 4.42 Å². The molecule has 0 aliphatic heterocycles. The fourth-order valence-corrected chi connectivity index (χ4v) is 4.60. The van der Waals surface area contributed by atoms with Gasteiger partial charge in [0.2, 0.25) is 0 Å². The van der Waals surface area contributed by atoms with Crippen LogP contribution in [0.15, 0.2) is 60.1 Å². The molecule has 4 aromatic rings. The molecule has 11 heteroatoms. The number of aromatic nitrogens is 3. The average molecular weight is 444 g/mol. The Morgan fingerprint density at radius 3 is 2.39 bits per heavy atom. The highest BCUT2D eigenvalue weighted by molar-refractivity contribution is 7.92. The second-order valence-electron chi connectivity index (χ2n) is 7.19. The molecule has 2 aromatic carbocycles. The van der Waals surface area contributed by atoms with Gasteiger partial charge in [-0.15, -0.1) is 0 Å². The number of fused-ring (bicyclic) bond motifs is 2.